The van der Waals surface area contributed by atoms with Gasteiger partial charge in [0.25, 0.3) is 0 Å². The third-order valence-corrected chi connectivity index (χ3v) is 4.57. The van der Waals surface area contributed by atoms with Crippen LogP contribution in [0.25, 0.3) is 0 Å². The summed E-state index contributed by atoms with van der Waals surface area (Å²) in [6, 6.07) is 0. The van der Waals surface area contributed by atoms with E-state index in [1.165, 1.54) is 30.8 Å². The lowest BCUT2D eigenvalue weighted by Gasteiger charge is -2.38. The molecule has 5 heteroatoms. The fourth-order valence-electron chi connectivity index (χ4n) is 2.57. The van der Waals surface area contributed by atoms with Crippen LogP contribution in [0.15, 0.2) is 6.20 Å². The molecule has 0 amide bonds. The predicted octanol–water partition coefficient (Wildman–Crippen LogP) is 3.41. The van der Waals surface area contributed by atoms with Crippen molar-refractivity contribution in [2.75, 3.05) is 18.8 Å². The van der Waals surface area contributed by atoms with E-state index < -0.39 is 0 Å². The molecule has 1 fully saturated rings. The molecule has 2 heterocycles. The molecule has 0 aromatic carbocycles. The normalized spacial score (nSPS) is 18.6. The fourth-order valence-corrected chi connectivity index (χ4v) is 3.30. The van der Waals surface area contributed by atoms with Crippen LogP contribution in [-0.4, -0.2) is 23.0 Å². The van der Waals surface area contributed by atoms with Gasteiger partial charge in [-0.1, -0.05) is 20.8 Å². The molecule has 2 N–H and O–H groups in total. The number of nitrogens with two attached hydrogens (primary N) is 1. The van der Waals surface area contributed by atoms with Gasteiger partial charge in [-0.05, 0) is 37.3 Å². The molecule has 0 aliphatic carbocycles. The number of halogens is 1. The molecule has 0 radical (unpaired) electrons. The third kappa shape index (κ3) is 4.11. The highest BCUT2D eigenvalue weighted by atomic mass is 35.5. The van der Waals surface area contributed by atoms with Crippen molar-refractivity contribution in [1.82, 2.24) is 9.88 Å². The maximum absolute atomic E-state index is 5.65. The Morgan fingerprint density at radius 2 is 2.00 bits per heavy atom. The zero-order chi connectivity index (χ0) is 12.5. The Bertz CT molecular complexity index is 365. The first-order valence-electron chi connectivity index (χ1n) is 6.37. The average molecular weight is 290 g/mol. The number of nitrogen functional groups attached to an aromatic ring is 1. The number of hydrogen-bond acceptors (Lipinski definition) is 4. The van der Waals surface area contributed by atoms with Gasteiger partial charge in [0.2, 0.25) is 0 Å². The van der Waals surface area contributed by atoms with Crippen LogP contribution in [0.4, 0.5) is 5.13 Å². The maximum atomic E-state index is 5.65. The van der Waals surface area contributed by atoms with E-state index in [4.69, 9.17) is 5.73 Å². The molecule has 0 atom stereocenters. The first-order valence-corrected chi connectivity index (χ1v) is 7.19. The summed E-state index contributed by atoms with van der Waals surface area (Å²) in [7, 11) is 0. The smallest absolute Gasteiger partial charge is 0.180 e. The van der Waals surface area contributed by atoms with E-state index >= 15 is 0 Å². The Morgan fingerprint density at radius 3 is 2.44 bits per heavy atom. The van der Waals surface area contributed by atoms with Gasteiger partial charge in [0, 0.05) is 17.6 Å². The standard InChI is InChI=1S/C13H23N3S.ClH/c1-13(2,3)10-4-6-16(7-5-10)9-11-8-15-12(14)17-11;/h8,10H,4-7,9H2,1-3H3,(H2,14,15);1H. The van der Waals surface area contributed by atoms with Crippen LogP contribution in [0.2, 0.25) is 0 Å². The molecule has 1 aliphatic heterocycles. The lowest BCUT2D eigenvalue weighted by molar-refractivity contribution is 0.108. The molecule has 18 heavy (non-hydrogen) atoms. The second kappa shape index (κ2) is 6.22. The minimum Gasteiger partial charge on any atom is -0.375 e. The lowest BCUT2D eigenvalue weighted by atomic mass is 9.75. The SMILES string of the molecule is CC(C)(C)C1CCN(Cc2cnc(N)s2)CC1.Cl. The van der Waals surface area contributed by atoms with Crippen molar-refractivity contribution in [1.29, 1.82) is 0 Å². The molecule has 104 valence electrons. The van der Waals surface area contributed by atoms with Gasteiger partial charge in [-0.3, -0.25) is 4.90 Å². The summed E-state index contributed by atoms with van der Waals surface area (Å²) in [5.41, 5.74) is 6.11. The molecule has 1 aliphatic rings. The lowest BCUT2D eigenvalue weighted by Crippen LogP contribution is -2.37. The predicted molar refractivity (Wildman–Crippen MR) is 81.2 cm³/mol. The first kappa shape index (κ1) is 15.7. The third-order valence-electron chi connectivity index (χ3n) is 3.76. The summed E-state index contributed by atoms with van der Waals surface area (Å²) in [6.07, 6.45) is 4.55. The van der Waals surface area contributed by atoms with E-state index in [9.17, 15) is 0 Å². The van der Waals surface area contributed by atoms with Gasteiger partial charge in [0.1, 0.15) is 0 Å². The Labute approximate surface area is 120 Å². The van der Waals surface area contributed by atoms with Crippen LogP contribution in [-0.2, 0) is 6.54 Å². The van der Waals surface area contributed by atoms with Crippen LogP contribution in [0.5, 0.6) is 0 Å². The highest BCUT2D eigenvalue weighted by molar-refractivity contribution is 7.15. The van der Waals surface area contributed by atoms with Gasteiger partial charge in [0.05, 0.1) is 0 Å². The molecular weight excluding hydrogens is 266 g/mol. The molecule has 0 bridgehead atoms. The van der Waals surface area contributed by atoms with Gasteiger partial charge in [-0.25, -0.2) is 4.98 Å². The number of hydrogen-bond donors (Lipinski definition) is 1. The number of aromatic nitrogens is 1. The van der Waals surface area contributed by atoms with Crippen LogP contribution in [0, 0.1) is 11.3 Å². The van der Waals surface area contributed by atoms with Crippen LogP contribution in [0.3, 0.4) is 0 Å². The monoisotopic (exact) mass is 289 g/mol. The number of thiazole rings is 1. The van der Waals surface area contributed by atoms with Crippen LogP contribution in [0.1, 0.15) is 38.5 Å². The van der Waals surface area contributed by atoms with Crippen molar-refractivity contribution in [2.45, 2.75) is 40.2 Å². The van der Waals surface area contributed by atoms with Crippen molar-refractivity contribution < 1.29 is 0 Å². The van der Waals surface area contributed by atoms with Crippen molar-refractivity contribution >= 4 is 28.9 Å². The van der Waals surface area contributed by atoms with E-state index in [1.54, 1.807) is 11.3 Å². The largest absolute Gasteiger partial charge is 0.375 e. The number of piperidine rings is 1. The maximum Gasteiger partial charge on any atom is 0.180 e. The number of likely N-dealkylation sites (tertiary alicyclic amines) is 1. The summed E-state index contributed by atoms with van der Waals surface area (Å²) >= 11 is 1.61. The summed E-state index contributed by atoms with van der Waals surface area (Å²) in [6.45, 7) is 10.5. The topological polar surface area (TPSA) is 42.2 Å². The van der Waals surface area contributed by atoms with Gasteiger partial charge < -0.3 is 5.73 Å². The number of rotatable bonds is 2. The quantitative estimate of drug-likeness (QED) is 0.907. The molecule has 1 aromatic heterocycles. The molecule has 1 aromatic rings. The average Bonchev–Trinajstić information content (AvgIpc) is 2.63. The highest BCUT2D eigenvalue weighted by Crippen LogP contribution is 2.34. The second-order valence-corrected chi connectivity index (χ2v) is 7.23. The molecule has 1 saturated heterocycles. The van der Waals surface area contributed by atoms with Gasteiger partial charge in [-0.2, -0.15) is 0 Å². The van der Waals surface area contributed by atoms with Crippen molar-refractivity contribution in [2.24, 2.45) is 11.3 Å². The van der Waals surface area contributed by atoms with Crippen molar-refractivity contribution in [3.8, 4) is 0 Å². The highest BCUT2D eigenvalue weighted by Gasteiger charge is 2.28. The molecular formula is C13H24ClN3S. The van der Waals surface area contributed by atoms with Crippen LogP contribution >= 0.6 is 23.7 Å². The van der Waals surface area contributed by atoms with E-state index in [2.05, 4.69) is 30.7 Å². The van der Waals surface area contributed by atoms with E-state index in [-0.39, 0.29) is 12.4 Å². The van der Waals surface area contributed by atoms with Gasteiger partial charge >= 0.3 is 0 Å². The molecule has 2 rings (SSSR count). The van der Waals surface area contributed by atoms with E-state index in [1.807, 2.05) is 6.20 Å². The van der Waals surface area contributed by atoms with Crippen molar-refractivity contribution in [3.63, 3.8) is 0 Å². The minimum absolute atomic E-state index is 0. The Kier molecular flexibility index (Phi) is 5.44. The summed E-state index contributed by atoms with van der Waals surface area (Å²) in [5.74, 6) is 0.866. The minimum atomic E-state index is 0. The zero-order valence-electron chi connectivity index (χ0n) is 11.5. The molecule has 0 saturated carbocycles. The summed E-state index contributed by atoms with van der Waals surface area (Å²) in [5, 5.41) is 0.685. The first-order chi connectivity index (χ1) is 7.95. The fraction of sp³-hybridized carbons (Fsp3) is 0.769. The Hall–Kier alpha value is -0.320. The number of anilines is 1. The molecule has 3 nitrogen and oxygen atoms in total. The summed E-state index contributed by atoms with van der Waals surface area (Å²) < 4.78 is 0. The second-order valence-electron chi connectivity index (χ2n) is 6.08. The Balaban J connectivity index is 0.00000162. The number of nitrogens with zero attached hydrogens (tertiary/aromatic N) is 2. The van der Waals surface area contributed by atoms with Gasteiger partial charge in [-0.15, -0.1) is 23.7 Å². The Morgan fingerprint density at radius 1 is 1.39 bits per heavy atom. The van der Waals surface area contributed by atoms with E-state index in [0.717, 1.165) is 12.5 Å². The zero-order valence-corrected chi connectivity index (χ0v) is 13.1. The van der Waals surface area contributed by atoms with Crippen LogP contribution < -0.4 is 5.73 Å². The van der Waals surface area contributed by atoms with Gasteiger partial charge in [0.15, 0.2) is 5.13 Å². The summed E-state index contributed by atoms with van der Waals surface area (Å²) in [4.78, 5) is 7.92. The molecule has 0 unspecified atom stereocenters. The van der Waals surface area contributed by atoms with E-state index in [0.29, 0.717) is 10.5 Å². The van der Waals surface area contributed by atoms with Crippen molar-refractivity contribution in [3.05, 3.63) is 11.1 Å². The molecule has 0 spiro atoms.